The van der Waals surface area contributed by atoms with Crippen molar-refractivity contribution in [1.82, 2.24) is 10.2 Å². The summed E-state index contributed by atoms with van der Waals surface area (Å²) in [4.78, 5) is 7.08. The van der Waals surface area contributed by atoms with Crippen molar-refractivity contribution in [2.24, 2.45) is 16.8 Å². The van der Waals surface area contributed by atoms with Crippen LogP contribution in [0.3, 0.4) is 0 Å². The number of aliphatic hydroxyl groups excluding tert-OH is 1. The summed E-state index contributed by atoms with van der Waals surface area (Å²) in [7, 11) is 1.77. The summed E-state index contributed by atoms with van der Waals surface area (Å²) in [5, 5.41) is 13.3. The molecule has 5 heteroatoms. The third kappa shape index (κ3) is 4.09. The fourth-order valence-electron chi connectivity index (χ4n) is 3.26. The highest BCUT2D eigenvalue weighted by Crippen LogP contribution is 2.25. The van der Waals surface area contributed by atoms with Crippen molar-refractivity contribution in [3.8, 4) is 0 Å². The first-order valence-electron chi connectivity index (χ1n) is 7.94. The smallest absolute Gasteiger partial charge is 0.193 e. The molecular formula is C15H29N3O2. The van der Waals surface area contributed by atoms with E-state index in [-0.39, 0.29) is 6.10 Å². The lowest BCUT2D eigenvalue weighted by atomic mass is 10.1. The quantitative estimate of drug-likeness (QED) is 0.585. The van der Waals surface area contributed by atoms with Crippen LogP contribution < -0.4 is 5.32 Å². The molecule has 0 aromatic carbocycles. The van der Waals surface area contributed by atoms with E-state index in [1.165, 1.54) is 6.42 Å². The number of ether oxygens (including phenoxy) is 1. The second-order valence-corrected chi connectivity index (χ2v) is 6.01. The van der Waals surface area contributed by atoms with Crippen molar-refractivity contribution in [3.63, 3.8) is 0 Å². The maximum absolute atomic E-state index is 9.89. The van der Waals surface area contributed by atoms with Crippen LogP contribution in [0.25, 0.3) is 0 Å². The minimum atomic E-state index is -0.151. The number of hydrogen-bond acceptors (Lipinski definition) is 3. The van der Waals surface area contributed by atoms with Crippen molar-refractivity contribution in [3.05, 3.63) is 0 Å². The third-order valence-corrected chi connectivity index (χ3v) is 4.42. The van der Waals surface area contributed by atoms with Crippen molar-refractivity contribution in [1.29, 1.82) is 0 Å². The van der Waals surface area contributed by atoms with Crippen LogP contribution in [0.1, 0.15) is 32.6 Å². The number of aliphatic hydroxyl groups is 1. The predicted octanol–water partition coefficient (Wildman–Crippen LogP) is 1.08. The molecule has 20 heavy (non-hydrogen) atoms. The van der Waals surface area contributed by atoms with E-state index in [0.29, 0.717) is 11.8 Å². The van der Waals surface area contributed by atoms with Crippen LogP contribution in [-0.4, -0.2) is 62.0 Å². The minimum absolute atomic E-state index is 0.151. The van der Waals surface area contributed by atoms with Gasteiger partial charge in [-0.3, -0.25) is 4.99 Å². The number of likely N-dealkylation sites (tertiary alicyclic amines) is 1. The van der Waals surface area contributed by atoms with Gasteiger partial charge < -0.3 is 20.1 Å². The normalized spacial score (nSPS) is 31.1. The van der Waals surface area contributed by atoms with E-state index in [9.17, 15) is 5.11 Å². The number of hydrogen-bond donors (Lipinski definition) is 2. The van der Waals surface area contributed by atoms with Gasteiger partial charge in [-0.05, 0) is 26.2 Å². The Hall–Kier alpha value is -0.810. The molecule has 3 atom stereocenters. The zero-order valence-electron chi connectivity index (χ0n) is 12.8. The summed E-state index contributed by atoms with van der Waals surface area (Å²) in [6.07, 6.45) is 4.20. The van der Waals surface area contributed by atoms with Gasteiger partial charge in [0.15, 0.2) is 5.96 Å². The van der Waals surface area contributed by atoms with Gasteiger partial charge in [-0.25, -0.2) is 0 Å². The average molecular weight is 283 g/mol. The minimum Gasteiger partial charge on any atom is -0.393 e. The van der Waals surface area contributed by atoms with Gasteiger partial charge in [-0.1, -0.05) is 6.42 Å². The first kappa shape index (κ1) is 15.6. The van der Waals surface area contributed by atoms with Crippen molar-refractivity contribution in [2.45, 2.75) is 38.7 Å². The maximum atomic E-state index is 9.89. The van der Waals surface area contributed by atoms with Gasteiger partial charge in [0.05, 0.1) is 12.7 Å². The van der Waals surface area contributed by atoms with Gasteiger partial charge in [0, 0.05) is 45.1 Å². The van der Waals surface area contributed by atoms with Crippen LogP contribution in [0.15, 0.2) is 4.99 Å². The molecule has 0 spiro atoms. The Labute approximate surface area is 122 Å². The molecule has 5 nitrogen and oxygen atoms in total. The van der Waals surface area contributed by atoms with Gasteiger partial charge in [0.1, 0.15) is 0 Å². The van der Waals surface area contributed by atoms with Crippen molar-refractivity contribution in [2.75, 3.05) is 39.9 Å². The Morgan fingerprint density at radius 3 is 2.90 bits per heavy atom. The van der Waals surface area contributed by atoms with E-state index in [2.05, 4.69) is 17.1 Å². The summed E-state index contributed by atoms with van der Waals surface area (Å²) in [6, 6.07) is 0. The van der Waals surface area contributed by atoms with E-state index in [0.717, 1.165) is 58.0 Å². The maximum Gasteiger partial charge on any atom is 0.193 e. The summed E-state index contributed by atoms with van der Waals surface area (Å²) in [6.45, 7) is 6.63. The number of rotatable bonds is 5. The van der Waals surface area contributed by atoms with Crippen molar-refractivity contribution >= 4 is 5.96 Å². The van der Waals surface area contributed by atoms with Crippen LogP contribution in [0, 0.1) is 11.8 Å². The molecule has 1 aliphatic heterocycles. The van der Waals surface area contributed by atoms with Gasteiger partial charge in [0.25, 0.3) is 0 Å². The molecule has 2 aliphatic rings. The SMILES string of the molecule is CCNC(=NCC1CCCC1O)N1CCC(COC)C1. The Balaban J connectivity index is 1.89. The number of guanidine groups is 1. The molecule has 2 N–H and O–H groups in total. The predicted molar refractivity (Wildman–Crippen MR) is 80.9 cm³/mol. The molecule has 1 aliphatic carbocycles. The molecule has 2 rings (SSSR count). The third-order valence-electron chi connectivity index (χ3n) is 4.42. The fraction of sp³-hybridized carbons (Fsp3) is 0.933. The highest BCUT2D eigenvalue weighted by molar-refractivity contribution is 5.80. The van der Waals surface area contributed by atoms with E-state index in [1.807, 2.05) is 0 Å². The molecule has 0 bridgehead atoms. The molecule has 0 amide bonds. The van der Waals surface area contributed by atoms with E-state index >= 15 is 0 Å². The molecule has 3 unspecified atom stereocenters. The zero-order valence-corrected chi connectivity index (χ0v) is 12.8. The van der Waals surface area contributed by atoms with Crippen molar-refractivity contribution < 1.29 is 9.84 Å². The number of nitrogens with zero attached hydrogens (tertiary/aromatic N) is 2. The summed E-state index contributed by atoms with van der Waals surface area (Å²) < 4.78 is 5.25. The largest absolute Gasteiger partial charge is 0.393 e. The van der Waals surface area contributed by atoms with E-state index < -0.39 is 0 Å². The Morgan fingerprint density at radius 1 is 1.40 bits per heavy atom. The molecule has 1 saturated heterocycles. The second kappa shape index (κ2) is 7.84. The first-order chi connectivity index (χ1) is 9.74. The van der Waals surface area contributed by atoms with Gasteiger partial charge in [-0.15, -0.1) is 0 Å². The molecule has 1 saturated carbocycles. The second-order valence-electron chi connectivity index (χ2n) is 6.01. The van der Waals surface area contributed by atoms with Crippen LogP contribution in [0.4, 0.5) is 0 Å². The molecular weight excluding hydrogens is 254 g/mol. The van der Waals surface area contributed by atoms with Gasteiger partial charge >= 0.3 is 0 Å². The average Bonchev–Trinajstić information content (AvgIpc) is 3.05. The summed E-state index contributed by atoms with van der Waals surface area (Å²) >= 11 is 0. The highest BCUT2D eigenvalue weighted by Gasteiger charge is 2.27. The fourth-order valence-corrected chi connectivity index (χ4v) is 3.26. The molecule has 0 radical (unpaired) electrons. The molecule has 1 heterocycles. The van der Waals surface area contributed by atoms with E-state index in [4.69, 9.17) is 9.73 Å². The monoisotopic (exact) mass is 283 g/mol. The van der Waals surface area contributed by atoms with Gasteiger partial charge in [0.2, 0.25) is 0 Å². The van der Waals surface area contributed by atoms with Crippen LogP contribution >= 0.6 is 0 Å². The summed E-state index contributed by atoms with van der Waals surface area (Å²) in [5.41, 5.74) is 0. The summed E-state index contributed by atoms with van der Waals surface area (Å²) in [5.74, 6) is 1.96. The lowest BCUT2D eigenvalue weighted by molar-refractivity contribution is 0.136. The Bertz CT molecular complexity index is 322. The van der Waals surface area contributed by atoms with Crippen LogP contribution in [-0.2, 0) is 4.74 Å². The van der Waals surface area contributed by atoms with Gasteiger partial charge in [-0.2, -0.15) is 0 Å². The van der Waals surface area contributed by atoms with E-state index in [1.54, 1.807) is 7.11 Å². The zero-order chi connectivity index (χ0) is 14.4. The first-order valence-corrected chi connectivity index (χ1v) is 7.94. The number of aliphatic imine (C=N–C) groups is 1. The lowest BCUT2D eigenvalue weighted by Crippen LogP contribution is -2.40. The lowest BCUT2D eigenvalue weighted by Gasteiger charge is -2.22. The standard InChI is InChI=1S/C15H29N3O2/c1-3-16-15(17-9-13-5-4-6-14(13)19)18-8-7-12(10-18)11-20-2/h12-14,19H,3-11H2,1-2H3,(H,16,17). The van der Waals surface area contributed by atoms with Crippen LogP contribution in [0.5, 0.6) is 0 Å². The topological polar surface area (TPSA) is 57.1 Å². The Morgan fingerprint density at radius 2 is 2.25 bits per heavy atom. The number of methoxy groups -OCH3 is 1. The molecule has 0 aromatic rings. The molecule has 116 valence electrons. The molecule has 0 aromatic heterocycles. The van der Waals surface area contributed by atoms with Crippen LogP contribution in [0.2, 0.25) is 0 Å². The highest BCUT2D eigenvalue weighted by atomic mass is 16.5. The Kier molecular flexibility index (Phi) is 6.10. The molecule has 2 fully saturated rings. The number of nitrogens with one attached hydrogen (secondary N) is 1.